The van der Waals surface area contributed by atoms with Gasteiger partial charge in [-0.3, -0.25) is 0 Å². The zero-order valence-corrected chi connectivity index (χ0v) is 13.9. The van der Waals surface area contributed by atoms with Gasteiger partial charge in [0, 0.05) is 22.0 Å². The molecule has 0 spiro atoms. The van der Waals surface area contributed by atoms with Crippen molar-refractivity contribution in [1.29, 1.82) is 0 Å². The van der Waals surface area contributed by atoms with Gasteiger partial charge in [-0.25, -0.2) is 4.79 Å². The van der Waals surface area contributed by atoms with Crippen molar-refractivity contribution in [3.8, 4) is 0 Å². The van der Waals surface area contributed by atoms with Crippen molar-refractivity contribution in [2.24, 2.45) is 0 Å². The van der Waals surface area contributed by atoms with Crippen LogP contribution in [0, 0.1) is 3.57 Å². The highest BCUT2D eigenvalue weighted by Gasteiger charge is 2.43. The van der Waals surface area contributed by atoms with Crippen molar-refractivity contribution in [2.45, 2.75) is 32.5 Å². The molecule has 0 radical (unpaired) electrons. The Morgan fingerprint density at radius 1 is 1.25 bits per heavy atom. The average Bonchev–Trinajstić information content (AvgIpc) is 2.87. The maximum Gasteiger partial charge on any atom is 0.377 e. The Bertz CT molecular complexity index is 547. The third kappa shape index (κ3) is 2.63. The summed E-state index contributed by atoms with van der Waals surface area (Å²) in [6.45, 7) is 3.94. The van der Waals surface area contributed by atoms with Crippen LogP contribution in [-0.2, 0) is 19.0 Å². The molecule has 1 aliphatic heterocycles. The number of halogens is 1. The molecule has 0 saturated carbocycles. The van der Waals surface area contributed by atoms with Crippen molar-refractivity contribution in [3.63, 3.8) is 0 Å². The van der Waals surface area contributed by atoms with Crippen LogP contribution in [0.25, 0.3) is 5.76 Å². The van der Waals surface area contributed by atoms with Crippen LogP contribution in [0.5, 0.6) is 0 Å². The quantitative estimate of drug-likeness (QED) is 0.583. The van der Waals surface area contributed by atoms with E-state index in [1.807, 2.05) is 38.1 Å². The normalized spacial score (nSPS) is 16.6. The van der Waals surface area contributed by atoms with Crippen molar-refractivity contribution in [1.82, 2.24) is 0 Å². The van der Waals surface area contributed by atoms with Gasteiger partial charge in [-0.15, -0.1) is 0 Å². The number of carbonyl (C=O) groups is 1. The Labute approximate surface area is 132 Å². The van der Waals surface area contributed by atoms with E-state index in [-0.39, 0.29) is 5.76 Å². The third-order valence-corrected chi connectivity index (χ3v) is 4.29. The first-order valence-electron chi connectivity index (χ1n) is 6.52. The molecule has 1 aliphatic rings. The summed E-state index contributed by atoms with van der Waals surface area (Å²) in [5, 5.41) is 0. The van der Waals surface area contributed by atoms with E-state index in [4.69, 9.17) is 14.2 Å². The Kier molecular flexibility index (Phi) is 4.57. The molecule has 2 rings (SSSR count). The van der Waals surface area contributed by atoms with Crippen LogP contribution in [0.3, 0.4) is 0 Å². The average molecular weight is 388 g/mol. The number of hydrogen-bond acceptors (Lipinski definition) is 4. The lowest BCUT2D eigenvalue weighted by molar-refractivity contribution is -0.163. The summed E-state index contributed by atoms with van der Waals surface area (Å²) in [6, 6.07) is 7.71. The molecule has 1 aromatic carbocycles. The van der Waals surface area contributed by atoms with Crippen LogP contribution >= 0.6 is 22.6 Å². The molecule has 0 aliphatic carbocycles. The topological polar surface area (TPSA) is 44.8 Å². The molecule has 0 fully saturated rings. The number of ether oxygens (including phenoxy) is 3. The predicted octanol–water partition coefficient (Wildman–Crippen LogP) is 3.70. The highest BCUT2D eigenvalue weighted by atomic mass is 127. The molecule has 0 atom stereocenters. The van der Waals surface area contributed by atoms with Gasteiger partial charge in [-0.1, -0.05) is 32.0 Å². The molecule has 0 saturated heterocycles. The van der Waals surface area contributed by atoms with Crippen molar-refractivity contribution < 1.29 is 19.0 Å². The van der Waals surface area contributed by atoms with Gasteiger partial charge in [-0.2, -0.15) is 0 Å². The van der Waals surface area contributed by atoms with Gasteiger partial charge in [0.2, 0.25) is 0 Å². The first kappa shape index (κ1) is 15.2. The predicted molar refractivity (Wildman–Crippen MR) is 83.6 cm³/mol. The van der Waals surface area contributed by atoms with Gasteiger partial charge in [0.25, 0.3) is 11.5 Å². The summed E-state index contributed by atoms with van der Waals surface area (Å²) in [5.74, 6) is -0.674. The summed E-state index contributed by atoms with van der Waals surface area (Å²) in [7, 11) is 1.34. The number of hydrogen-bond donors (Lipinski definition) is 0. The zero-order chi connectivity index (χ0) is 14.8. The maximum atomic E-state index is 11.9. The van der Waals surface area contributed by atoms with Crippen LogP contribution < -0.4 is 0 Å². The second-order valence-corrected chi connectivity index (χ2v) is 5.61. The van der Waals surface area contributed by atoms with Crippen molar-refractivity contribution in [3.05, 3.63) is 39.2 Å². The Morgan fingerprint density at radius 2 is 1.90 bits per heavy atom. The highest BCUT2D eigenvalue weighted by molar-refractivity contribution is 14.1. The van der Waals surface area contributed by atoms with Gasteiger partial charge >= 0.3 is 5.97 Å². The Morgan fingerprint density at radius 3 is 2.45 bits per heavy atom. The first-order chi connectivity index (χ1) is 9.56. The van der Waals surface area contributed by atoms with Gasteiger partial charge in [0.05, 0.1) is 7.11 Å². The lowest BCUT2D eigenvalue weighted by atomic mass is 10.1. The van der Waals surface area contributed by atoms with Gasteiger partial charge in [-0.05, 0) is 28.7 Å². The van der Waals surface area contributed by atoms with E-state index in [1.54, 1.807) is 0 Å². The van der Waals surface area contributed by atoms with E-state index < -0.39 is 11.8 Å². The molecule has 5 heteroatoms. The fourth-order valence-corrected chi connectivity index (χ4v) is 2.71. The largest absolute Gasteiger partial charge is 0.463 e. The smallest absolute Gasteiger partial charge is 0.377 e. The molecule has 0 amide bonds. The molecular weight excluding hydrogens is 371 g/mol. The van der Waals surface area contributed by atoms with Crippen molar-refractivity contribution >= 4 is 34.3 Å². The molecule has 1 aromatic rings. The number of benzene rings is 1. The molecule has 0 N–H and O–H groups in total. The number of rotatable bonds is 4. The molecule has 0 unspecified atom stereocenters. The molecule has 20 heavy (non-hydrogen) atoms. The summed E-state index contributed by atoms with van der Waals surface area (Å²) in [4.78, 5) is 11.9. The lowest BCUT2D eigenvalue weighted by Crippen LogP contribution is -2.29. The monoisotopic (exact) mass is 388 g/mol. The molecule has 0 aromatic heterocycles. The fourth-order valence-electron chi connectivity index (χ4n) is 2.07. The van der Waals surface area contributed by atoms with E-state index in [1.165, 1.54) is 7.11 Å². The van der Waals surface area contributed by atoms with Gasteiger partial charge in [0.15, 0.2) is 5.76 Å². The standard InChI is InChI=1S/C15H17IO4/c1-4-15(5-2)19-12(13(20-15)14(17)18-3)10-8-6-7-9-11(10)16/h6-9H,4-5H2,1-3H3. The molecule has 1 heterocycles. The van der Waals surface area contributed by atoms with E-state index in [2.05, 4.69) is 22.6 Å². The zero-order valence-electron chi connectivity index (χ0n) is 11.7. The second kappa shape index (κ2) is 6.03. The fraction of sp³-hybridized carbons (Fsp3) is 0.400. The summed E-state index contributed by atoms with van der Waals surface area (Å²) < 4.78 is 17.6. The van der Waals surface area contributed by atoms with E-state index in [0.717, 1.165) is 9.13 Å². The Balaban J connectivity index is 2.50. The van der Waals surface area contributed by atoms with Crippen LogP contribution in [-0.4, -0.2) is 18.9 Å². The van der Waals surface area contributed by atoms with Crippen LogP contribution in [0.4, 0.5) is 0 Å². The Hall–Kier alpha value is -1.24. The summed E-state index contributed by atoms with van der Waals surface area (Å²) >= 11 is 2.21. The minimum atomic E-state index is -0.780. The number of carbonyl (C=O) groups excluding carboxylic acids is 1. The summed E-state index contributed by atoms with van der Waals surface area (Å²) in [5.41, 5.74) is 0.845. The number of methoxy groups -OCH3 is 1. The maximum absolute atomic E-state index is 11.9. The highest BCUT2D eigenvalue weighted by Crippen LogP contribution is 2.42. The van der Waals surface area contributed by atoms with Crippen LogP contribution in [0.2, 0.25) is 0 Å². The van der Waals surface area contributed by atoms with Gasteiger partial charge in [0.1, 0.15) is 0 Å². The third-order valence-electron chi connectivity index (χ3n) is 3.35. The SMILES string of the molecule is CCC1(CC)OC(C(=O)OC)=C(c2ccccc2I)O1. The number of esters is 1. The minimum absolute atomic E-state index is 0.153. The first-order valence-corrected chi connectivity index (χ1v) is 7.60. The van der Waals surface area contributed by atoms with Crippen LogP contribution in [0.1, 0.15) is 32.3 Å². The van der Waals surface area contributed by atoms with E-state index in [0.29, 0.717) is 18.6 Å². The minimum Gasteiger partial charge on any atom is -0.463 e. The molecule has 4 nitrogen and oxygen atoms in total. The van der Waals surface area contributed by atoms with E-state index in [9.17, 15) is 4.79 Å². The van der Waals surface area contributed by atoms with Gasteiger partial charge < -0.3 is 14.2 Å². The molecular formula is C15H17IO4. The molecule has 0 bridgehead atoms. The second-order valence-electron chi connectivity index (χ2n) is 4.45. The van der Waals surface area contributed by atoms with E-state index >= 15 is 0 Å². The lowest BCUT2D eigenvalue weighted by Gasteiger charge is -2.26. The molecule has 108 valence electrons. The van der Waals surface area contributed by atoms with Crippen LogP contribution in [0.15, 0.2) is 30.0 Å². The van der Waals surface area contributed by atoms with Crippen molar-refractivity contribution in [2.75, 3.05) is 7.11 Å². The summed E-state index contributed by atoms with van der Waals surface area (Å²) in [6.07, 6.45) is 1.30.